The van der Waals surface area contributed by atoms with Crippen molar-refractivity contribution >= 4 is 23.5 Å². The van der Waals surface area contributed by atoms with Crippen molar-refractivity contribution in [2.24, 2.45) is 0 Å². The number of anilines is 1. The van der Waals surface area contributed by atoms with Gasteiger partial charge in [0.1, 0.15) is 11.5 Å². The van der Waals surface area contributed by atoms with Crippen molar-refractivity contribution in [3.63, 3.8) is 0 Å². The first-order valence-corrected chi connectivity index (χ1v) is 9.21. The number of benzene rings is 1. The molecule has 0 saturated carbocycles. The number of aliphatic hydroxyl groups is 1. The van der Waals surface area contributed by atoms with Crippen LogP contribution in [0.4, 0.5) is 5.82 Å². The van der Waals surface area contributed by atoms with Gasteiger partial charge in [0.15, 0.2) is 11.0 Å². The van der Waals surface area contributed by atoms with E-state index in [2.05, 4.69) is 15.5 Å². The van der Waals surface area contributed by atoms with Gasteiger partial charge in [0, 0.05) is 18.8 Å². The van der Waals surface area contributed by atoms with E-state index in [1.807, 2.05) is 28.8 Å². The summed E-state index contributed by atoms with van der Waals surface area (Å²) in [4.78, 5) is 16.5. The van der Waals surface area contributed by atoms with Gasteiger partial charge in [-0.05, 0) is 24.6 Å². The number of nitrogens with one attached hydrogen (secondary N) is 1. The maximum atomic E-state index is 12.1. The molecule has 0 aliphatic rings. The summed E-state index contributed by atoms with van der Waals surface area (Å²) >= 11 is 1.29. The Labute approximate surface area is 160 Å². The van der Waals surface area contributed by atoms with Crippen LogP contribution in [0.1, 0.15) is 17.0 Å². The minimum atomic E-state index is -0.210. The Morgan fingerprint density at radius 3 is 2.78 bits per heavy atom. The zero-order valence-corrected chi connectivity index (χ0v) is 15.8. The van der Waals surface area contributed by atoms with Gasteiger partial charge in [-0.3, -0.25) is 4.79 Å². The van der Waals surface area contributed by atoms with E-state index in [1.54, 1.807) is 26.3 Å². The van der Waals surface area contributed by atoms with E-state index in [9.17, 15) is 9.90 Å². The Kier molecular flexibility index (Phi) is 6.15. The third-order valence-electron chi connectivity index (χ3n) is 3.69. The first-order valence-electron chi connectivity index (χ1n) is 8.23. The molecule has 3 rings (SSSR count). The van der Waals surface area contributed by atoms with Crippen LogP contribution >= 0.6 is 11.8 Å². The Hall–Kier alpha value is -2.78. The topological polar surface area (TPSA) is 102 Å². The fourth-order valence-corrected chi connectivity index (χ4v) is 3.21. The molecule has 1 aromatic carbocycles. The molecule has 0 spiro atoms. The molecule has 0 radical (unpaired) electrons. The second-order valence-electron chi connectivity index (χ2n) is 5.81. The minimum absolute atomic E-state index is 0.159. The number of aromatic nitrogens is 3. The number of methoxy groups -OCH3 is 1. The first-order chi connectivity index (χ1) is 13.1. The number of thioether (sulfide) groups is 1. The van der Waals surface area contributed by atoms with Crippen molar-refractivity contribution < 1.29 is 19.2 Å². The van der Waals surface area contributed by atoms with Crippen LogP contribution < -0.4 is 10.1 Å². The van der Waals surface area contributed by atoms with Gasteiger partial charge in [-0.15, -0.1) is 0 Å². The normalized spacial score (nSPS) is 10.8. The molecule has 0 aliphatic heterocycles. The van der Waals surface area contributed by atoms with E-state index in [0.29, 0.717) is 29.0 Å². The number of hydrogen-bond donors (Lipinski definition) is 2. The highest BCUT2D eigenvalue weighted by atomic mass is 32.2. The van der Waals surface area contributed by atoms with Gasteiger partial charge >= 0.3 is 0 Å². The van der Waals surface area contributed by atoms with E-state index < -0.39 is 0 Å². The number of carbonyl (C=O) groups excluding carboxylic acids is 1. The fourth-order valence-electron chi connectivity index (χ4n) is 2.42. The van der Waals surface area contributed by atoms with E-state index >= 15 is 0 Å². The monoisotopic (exact) mass is 388 g/mol. The number of aliphatic hydroxyl groups excluding tert-OH is 1. The van der Waals surface area contributed by atoms with Gasteiger partial charge in [-0.1, -0.05) is 29.1 Å². The fraction of sp³-hybridized carbons (Fsp3) is 0.278. The molecule has 0 bridgehead atoms. The van der Waals surface area contributed by atoms with E-state index in [-0.39, 0.29) is 18.3 Å². The zero-order chi connectivity index (χ0) is 19.2. The molecular weight excluding hydrogens is 368 g/mol. The standard InChI is InChI=1S/C18H20N4O4S/c1-12-7-16(21-26-12)20-17(24)11-27-18-19-14(10-23)9-22(18)8-13-3-5-15(25-2)6-4-13/h3-7,9,23H,8,10-11H2,1-2H3,(H,20,21,24). The maximum Gasteiger partial charge on any atom is 0.236 e. The quantitative estimate of drug-likeness (QED) is 0.572. The summed E-state index contributed by atoms with van der Waals surface area (Å²) in [7, 11) is 1.62. The first kappa shape index (κ1) is 19.0. The predicted octanol–water partition coefficient (Wildman–Crippen LogP) is 2.46. The van der Waals surface area contributed by atoms with Crippen LogP contribution in [-0.4, -0.2) is 38.6 Å². The maximum absolute atomic E-state index is 12.1. The molecule has 142 valence electrons. The number of nitrogens with zero attached hydrogens (tertiary/aromatic N) is 3. The van der Waals surface area contributed by atoms with Crippen molar-refractivity contribution in [2.75, 3.05) is 18.2 Å². The molecule has 27 heavy (non-hydrogen) atoms. The number of amides is 1. The molecule has 8 nitrogen and oxygen atoms in total. The van der Waals surface area contributed by atoms with Gasteiger partial charge in [-0.25, -0.2) is 4.98 Å². The lowest BCUT2D eigenvalue weighted by Crippen LogP contribution is -2.14. The predicted molar refractivity (Wildman–Crippen MR) is 101 cm³/mol. The Morgan fingerprint density at radius 2 is 2.15 bits per heavy atom. The summed E-state index contributed by atoms with van der Waals surface area (Å²) in [5.41, 5.74) is 1.61. The molecule has 0 fully saturated rings. The van der Waals surface area contributed by atoms with E-state index in [4.69, 9.17) is 9.26 Å². The van der Waals surface area contributed by atoms with Crippen LogP contribution in [-0.2, 0) is 17.9 Å². The molecule has 3 aromatic rings. The van der Waals surface area contributed by atoms with Gasteiger partial charge in [0.25, 0.3) is 0 Å². The van der Waals surface area contributed by atoms with E-state index in [0.717, 1.165) is 11.3 Å². The van der Waals surface area contributed by atoms with Crippen LogP contribution in [0.15, 0.2) is 46.2 Å². The molecule has 2 aromatic heterocycles. The summed E-state index contributed by atoms with van der Waals surface area (Å²) in [6.45, 7) is 2.17. The van der Waals surface area contributed by atoms with Gasteiger partial charge in [-0.2, -0.15) is 0 Å². The Balaban J connectivity index is 1.65. The lowest BCUT2D eigenvalue weighted by Gasteiger charge is -2.08. The molecule has 2 heterocycles. The van der Waals surface area contributed by atoms with Crippen LogP contribution in [0.5, 0.6) is 5.75 Å². The number of carbonyl (C=O) groups is 1. The zero-order valence-electron chi connectivity index (χ0n) is 15.0. The molecule has 0 aliphatic carbocycles. The second-order valence-corrected chi connectivity index (χ2v) is 6.75. The van der Waals surface area contributed by atoms with Crippen molar-refractivity contribution in [3.05, 3.63) is 53.5 Å². The summed E-state index contributed by atoms with van der Waals surface area (Å²) in [6, 6.07) is 9.35. The van der Waals surface area contributed by atoms with Crippen LogP contribution in [0.25, 0.3) is 0 Å². The van der Waals surface area contributed by atoms with Gasteiger partial charge in [0.05, 0.1) is 25.2 Å². The number of hydrogen-bond acceptors (Lipinski definition) is 7. The third kappa shape index (κ3) is 5.11. The second kappa shape index (κ2) is 8.74. The number of rotatable bonds is 8. The molecule has 1 amide bonds. The molecule has 9 heteroatoms. The smallest absolute Gasteiger partial charge is 0.236 e. The van der Waals surface area contributed by atoms with Gasteiger partial charge < -0.3 is 24.3 Å². The SMILES string of the molecule is COc1ccc(Cn2cc(CO)nc2SCC(=O)Nc2cc(C)on2)cc1. The highest BCUT2D eigenvalue weighted by Crippen LogP contribution is 2.21. The lowest BCUT2D eigenvalue weighted by atomic mass is 10.2. The third-order valence-corrected chi connectivity index (χ3v) is 4.68. The average Bonchev–Trinajstić information content (AvgIpc) is 3.26. The molecular formula is C18H20N4O4S. The highest BCUT2D eigenvalue weighted by molar-refractivity contribution is 7.99. The molecule has 2 N–H and O–H groups in total. The summed E-state index contributed by atoms with van der Waals surface area (Å²) < 4.78 is 12.0. The molecule has 0 unspecified atom stereocenters. The highest BCUT2D eigenvalue weighted by Gasteiger charge is 2.13. The Bertz CT molecular complexity index is 904. The number of imidazole rings is 1. The minimum Gasteiger partial charge on any atom is -0.497 e. The van der Waals surface area contributed by atoms with E-state index in [1.165, 1.54) is 11.8 Å². The average molecular weight is 388 g/mol. The lowest BCUT2D eigenvalue weighted by molar-refractivity contribution is -0.113. The summed E-state index contributed by atoms with van der Waals surface area (Å²) in [6.07, 6.45) is 1.78. The molecule has 0 atom stereocenters. The molecule has 0 saturated heterocycles. The van der Waals surface area contributed by atoms with Crippen molar-refractivity contribution in [2.45, 2.75) is 25.2 Å². The van der Waals surface area contributed by atoms with Crippen LogP contribution in [0.2, 0.25) is 0 Å². The van der Waals surface area contributed by atoms with Crippen molar-refractivity contribution in [1.82, 2.24) is 14.7 Å². The Morgan fingerprint density at radius 1 is 1.37 bits per heavy atom. The van der Waals surface area contributed by atoms with Gasteiger partial charge in [0.2, 0.25) is 5.91 Å². The summed E-state index contributed by atoms with van der Waals surface area (Å²) in [5, 5.41) is 16.4. The van der Waals surface area contributed by atoms with Crippen molar-refractivity contribution in [1.29, 1.82) is 0 Å². The largest absolute Gasteiger partial charge is 0.497 e. The van der Waals surface area contributed by atoms with Crippen molar-refractivity contribution in [3.8, 4) is 5.75 Å². The van der Waals surface area contributed by atoms with Crippen LogP contribution in [0, 0.1) is 6.92 Å². The number of aryl methyl sites for hydroxylation is 1. The van der Waals surface area contributed by atoms with Crippen LogP contribution in [0.3, 0.4) is 0 Å². The number of ether oxygens (including phenoxy) is 1. The summed E-state index contributed by atoms with van der Waals surface area (Å²) in [5.74, 6) is 1.75.